The molecule has 1 amide bonds. The third-order valence-electron chi connectivity index (χ3n) is 7.83. The number of fused-ring (bicyclic) bond motifs is 4. The molecule has 2 fully saturated rings. The fourth-order valence-corrected chi connectivity index (χ4v) is 6.06. The number of carbonyl (C=O) groups excluding carboxylic acids is 1. The summed E-state index contributed by atoms with van der Waals surface area (Å²) in [6, 6.07) is 15.2. The molecule has 3 heterocycles. The molecule has 5 heteroatoms. The van der Waals surface area contributed by atoms with Gasteiger partial charge in [-0.1, -0.05) is 44.2 Å². The van der Waals surface area contributed by atoms with E-state index in [9.17, 15) is 4.79 Å². The Morgan fingerprint density at radius 3 is 2.82 bits per heavy atom. The molecule has 182 valence electrons. The van der Waals surface area contributed by atoms with Crippen LogP contribution in [0.1, 0.15) is 79.2 Å². The molecule has 34 heavy (non-hydrogen) atoms. The monoisotopic (exact) mass is 461 g/mol. The van der Waals surface area contributed by atoms with E-state index in [1.54, 1.807) is 0 Å². The van der Waals surface area contributed by atoms with Gasteiger partial charge in [-0.15, -0.1) is 0 Å². The lowest BCUT2D eigenvalue weighted by atomic mass is 9.76. The maximum atomic E-state index is 13.7. The van der Waals surface area contributed by atoms with Crippen LogP contribution in [0.15, 0.2) is 42.5 Å². The Labute approximate surface area is 204 Å². The average Bonchev–Trinajstić information content (AvgIpc) is 2.86. The van der Waals surface area contributed by atoms with Crippen LogP contribution < -0.4 is 15.4 Å². The van der Waals surface area contributed by atoms with Crippen LogP contribution in [-0.2, 0) is 6.42 Å². The van der Waals surface area contributed by atoms with E-state index in [2.05, 4.69) is 54.5 Å². The molecule has 2 aromatic carbocycles. The highest BCUT2D eigenvalue weighted by molar-refractivity contribution is 5.97. The van der Waals surface area contributed by atoms with Crippen molar-refractivity contribution in [1.29, 1.82) is 0 Å². The SMILES string of the molecule is CC(C)COc1cc2c(c(C(=O)N[C@H](C)c3ccccc3)c1)[C@@H]1C[C@@H]3NCCC[C@@H]3CN1CC2. The molecule has 0 aromatic heterocycles. The van der Waals surface area contributed by atoms with Crippen LogP contribution in [0.4, 0.5) is 0 Å². The molecule has 2 N–H and O–H groups in total. The van der Waals surface area contributed by atoms with Crippen molar-refractivity contribution in [1.82, 2.24) is 15.5 Å². The first-order valence-electron chi connectivity index (χ1n) is 13.1. The molecular weight excluding hydrogens is 422 g/mol. The first kappa shape index (κ1) is 23.4. The summed E-state index contributed by atoms with van der Waals surface area (Å²) in [6.45, 7) is 10.3. The maximum absolute atomic E-state index is 13.7. The number of ether oxygens (including phenoxy) is 1. The topological polar surface area (TPSA) is 53.6 Å². The lowest BCUT2D eigenvalue weighted by Gasteiger charge is -2.49. The van der Waals surface area contributed by atoms with Gasteiger partial charge < -0.3 is 15.4 Å². The van der Waals surface area contributed by atoms with Gasteiger partial charge in [-0.3, -0.25) is 9.69 Å². The Hall–Kier alpha value is -2.37. The molecule has 3 aliphatic heterocycles. The molecule has 0 bridgehead atoms. The van der Waals surface area contributed by atoms with E-state index < -0.39 is 0 Å². The van der Waals surface area contributed by atoms with E-state index in [4.69, 9.17) is 4.74 Å². The minimum Gasteiger partial charge on any atom is -0.493 e. The summed E-state index contributed by atoms with van der Waals surface area (Å²) in [5.41, 5.74) is 4.43. The first-order valence-corrected chi connectivity index (χ1v) is 13.1. The molecule has 0 aliphatic carbocycles. The number of nitrogens with zero attached hydrogens (tertiary/aromatic N) is 1. The highest BCUT2D eigenvalue weighted by atomic mass is 16.5. The summed E-state index contributed by atoms with van der Waals surface area (Å²) < 4.78 is 6.13. The molecule has 0 radical (unpaired) electrons. The smallest absolute Gasteiger partial charge is 0.252 e. The van der Waals surface area contributed by atoms with Crippen molar-refractivity contribution in [3.63, 3.8) is 0 Å². The lowest BCUT2D eigenvalue weighted by Crippen LogP contribution is -2.55. The molecule has 0 saturated carbocycles. The predicted molar refractivity (Wildman–Crippen MR) is 136 cm³/mol. The summed E-state index contributed by atoms with van der Waals surface area (Å²) in [6.07, 6.45) is 4.65. The number of rotatable bonds is 6. The summed E-state index contributed by atoms with van der Waals surface area (Å²) in [4.78, 5) is 16.4. The summed E-state index contributed by atoms with van der Waals surface area (Å²) >= 11 is 0. The predicted octanol–water partition coefficient (Wildman–Crippen LogP) is 4.88. The normalized spacial score (nSPS) is 25.1. The maximum Gasteiger partial charge on any atom is 0.252 e. The Bertz CT molecular complexity index is 1010. The first-order chi connectivity index (χ1) is 16.5. The number of hydrogen-bond acceptors (Lipinski definition) is 4. The van der Waals surface area contributed by atoms with Gasteiger partial charge in [0.05, 0.1) is 12.6 Å². The molecule has 2 saturated heterocycles. The fourth-order valence-electron chi connectivity index (χ4n) is 6.06. The lowest BCUT2D eigenvalue weighted by molar-refractivity contribution is 0.0542. The van der Waals surface area contributed by atoms with Crippen molar-refractivity contribution >= 4 is 5.91 Å². The summed E-state index contributed by atoms with van der Waals surface area (Å²) in [5, 5.41) is 7.06. The van der Waals surface area contributed by atoms with Gasteiger partial charge in [0.1, 0.15) is 5.75 Å². The van der Waals surface area contributed by atoms with Gasteiger partial charge in [0.2, 0.25) is 0 Å². The minimum absolute atomic E-state index is 0.00294. The highest BCUT2D eigenvalue weighted by Gasteiger charge is 2.41. The van der Waals surface area contributed by atoms with E-state index in [-0.39, 0.29) is 11.9 Å². The third kappa shape index (κ3) is 4.87. The van der Waals surface area contributed by atoms with E-state index in [0.29, 0.717) is 24.6 Å². The highest BCUT2D eigenvalue weighted by Crippen LogP contribution is 2.43. The Morgan fingerprint density at radius 1 is 1.21 bits per heavy atom. The Morgan fingerprint density at radius 2 is 2.03 bits per heavy atom. The van der Waals surface area contributed by atoms with Gasteiger partial charge in [-0.05, 0) is 79.8 Å². The molecule has 4 atom stereocenters. The number of piperidine rings is 2. The molecule has 5 nitrogen and oxygen atoms in total. The second-order valence-corrected chi connectivity index (χ2v) is 10.8. The number of amides is 1. The molecule has 2 aromatic rings. The molecule has 3 aliphatic rings. The molecule has 5 rings (SSSR count). The zero-order valence-electron chi connectivity index (χ0n) is 20.8. The zero-order valence-corrected chi connectivity index (χ0v) is 20.8. The van der Waals surface area contributed by atoms with Crippen molar-refractivity contribution in [3.8, 4) is 5.75 Å². The van der Waals surface area contributed by atoms with Crippen LogP contribution in [-0.4, -0.2) is 43.1 Å². The van der Waals surface area contributed by atoms with Crippen LogP contribution in [0.2, 0.25) is 0 Å². The van der Waals surface area contributed by atoms with Gasteiger partial charge in [-0.2, -0.15) is 0 Å². The van der Waals surface area contributed by atoms with Gasteiger partial charge in [0, 0.05) is 30.7 Å². The average molecular weight is 462 g/mol. The Kier molecular flexibility index (Phi) is 6.94. The fraction of sp³-hybridized carbons (Fsp3) is 0.552. The standard InChI is InChI=1S/C29H39N3O2/c1-19(2)18-34-24-14-22-11-13-32-17-23-10-7-12-30-26(23)16-27(32)28(22)25(15-24)29(33)31-20(3)21-8-5-4-6-9-21/h4-6,8-9,14-15,19-20,23,26-27,30H,7,10-13,16-18H2,1-3H3,(H,31,33)/t20-,23-,26+,27+/m1/s1. The summed E-state index contributed by atoms with van der Waals surface area (Å²) in [7, 11) is 0. The number of carbonyl (C=O) groups is 1. The van der Waals surface area contributed by atoms with Crippen LogP contribution >= 0.6 is 0 Å². The minimum atomic E-state index is -0.0555. The third-order valence-corrected chi connectivity index (χ3v) is 7.83. The largest absolute Gasteiger partial charge is 0.493 e. The number of benzene rings is 2. The van der Waals surface area contributed by atoms with Crippen LogP contribution in [0, 0.1) is 11.8 Å². The molecular formula is C29H39N3O2. The van der Waals surface area contributed by atoms with Crippen molar-refractivity contribution in [2.45, 2.75) is 64.6 Å². The zero-order chi connectivity index (χ0) is 23.7. The van der Waals surface area contributed by atoms with Gasteiger partial charge in [0.25, 0.3) is 5.91 Å². The van der Waals surface area contributed by atoms with Crippen LogP contribution in [0.5, 0.6) is 5.75 Å². The van der Waals surface area contributed by atoms with Crippen molar-refractivity contribution in [2.75, 3.05) is 26.2 Å². The van der Waals surface area contributed by atoms with Crippen molar-refractivity contribution in [2.24, 2.45) is 11.8 Å². The van der Waals surface area contributed by atoms with Gasteiger partial charge >= 0.3 is 0 Å². The van der Waals surface area contributed by atoms with Crippen LogP contribution in [0.25, 0.3) is 0 Å². The molecule has 0 spiro atoms. The van der Waals surface area contributed by atoms with Crippen molar-refractivity contribution < 1.29 is 9.53 Å². The van der Waals surface area contributed by atoms with E-state index in [1.807, 2.05) is 24.3 Å². The summed E-state index contributed by atoms with van der Waals surface area (Å²) in [5.74, 6) is 2.00. The molecule has 0 unspecified atom stereocenters. The van der Waals surface area contributed by atoms with E-state index >= 15 is 0 Å². The van der Waals surface area contributed by atoms with Gasteiger partial charge in [-0.25, -0.2) is 0 Å². The number of nitrogens with one attached hydrogen (secondary N) is 2. The van der Waals surface area contributed by atoms with E-state index in [0.717, 1.165) is 55.3 Å². The van der Waals surface area contributed by atoms with Gasteiger partial charge in [0.15, 0.2) is 0 Å². The van der Waals surface area contributed by atoms with Crippen molar-refractivity contribution in [3.05, 3.63) is 64.7 Å². The van der Waals surface area contributed by atoms with Crippen LogP contribution in [0.3, 0.4) is 0 Å². The van der Waals surface area contributed by atoms with E-state index in [1.165, 1.54) is 24.0 Å². The quantitative estimate of drug-likeness (QED) is 0.644. The number of hydrogen-bond donors (Lipinski definition) is 2. The second kappa shape index (κ2) is 10.1. The Balaban J connectivity index is 1.47. The second-order valence-electron chi connectivity index (χ2n) is 10.8.